The predicted molar refractivity (Wildman–Crippen MR) is 122 cm³/mol. The molecule has 0 fully saturated rings. The Labute approximate surface area is 175 Å². The maximum atomic E-state index is 12.3. The van der Waals surface area contributed by atoms with Crippen LogP contribution in [0, 0.1) is 0 Å². The van der Waals surface area contributed by atoms with E-state index in [1.54, 1.807) is 0 Å². The van der Waals surface area contributed by atoms with Crippen molar-refractivity contribution in [1.82, 2.24) is 15.1 Å². The number of likely N-dealkylation sites (N-methyl/N-ethyl adjacent to an activating group) is 2. The number of carbonyl (C=O) groups excluding carboxylic acids is 1. The molecule has 0 radical (unpaired) electrons. The average molecular weight is 475 g/mol. The van der Waals surface area contributed by atoms with Crippen LogP contribution >= 0.6 is 24.0 Å². The zero-order chi connectivity index (χ0) is 18.8. The summed E-state index contributed by atoms with van der Waals surface area (Å²) in [7, 11) is 5.96. The number of halogens is 1. The van der Waals surface area contributed by atoms with Crippen LogP contribution in [0.1, 0.15) is 26.3 Å². The minimum atomic E-state index is 0. The van der Waals surface area contributed by atoms with Crippen molar-refractivity contribution >= 4 is 41.5 Å². The summed E-state index contributed by atoms with van der Waals surface area (Å²) in [6, 6.07) is 8.32. The first-order chi connectivity index (χ1) is 11.9. The lowest BCUT2D eigenvalue weighted by Gasteiger charge is -2.25. The van der Waals surface area contributed by atoms with Gasteiger partial charge in [0.2, 0.25) is 5.91 Å². The summed E-state index contributed by atoms with van der Waals surface area (Å²) in [4.78, 5) is 22.8. The van der Waals surface area contributed by atoms with Crippen molar-refractivity contribution < 1.29 is 4.79 Å². The number of amides is 1. The van der Waals surface area contributed by atoms with Crippen LogP contribution in [0.25, 0.3) is 0 Å². The summed E-state index contributed by atoms with van der Waals surface area (Å²) in [5.41, 5.74) is 2.30. The van der Waals surface area contributed by atoms with Gasteiger partial charge in [0.25, 0.3) is 0 Å². The molecule has 1 N–H and O–H groups in total. The van der Waals surface area contributed by atoms with Gasteiger partial charge >= 0.3 is 0 Å². The molecule has 0 saturated carbocycles. The summed E-state index contributed by atoms with van der Waals surface area (Å²) in [6.07, 6.45) is 0. The molecular weight excluding hydrogens is 441 g/mol. The molecule has 1 rings (SSSR count). The quantitative estimate of drug-likeness (QED) is 0.357. The Morgan fingerprint density at radius 3 is 2.31 bits per heavy atom. The third kappa shape index (κ3) is 7.80. The van der Waals surface area contributed by atoms with E-state index in [-0.39, 0.29) is 29.9 Å². The molecule has 1 aromatic rings. The molecule has 7 heteroatoms. The molecule has 0 unspecified atom stereocenters. The van der Waals surface area contributed by atoms with Gasteiger partial charge in [-0.05, 0) is 38.5 Å². The van der Waals surface area contributed by atoms with E-state index in [1.807, 2.05) is 57.8 Å². The van der Waals surface area contributed by atoms with Gasteiger partial charge in [-0.1, -0.05) is 12.1 Å². The van der Waals surface area contributed by atoms with Gasteiger partial charge in [0, 0.05) is 46.5 Å². The number of carbonyl (C=O) groups is 1. The normalized spacial score (nSPS) is 10.8. The standard InChI is InChI=1S/C19H33N5O.HI/c1-7-20-19(23(6)15-18(25)24(8-2)9-3)21-14-16-11-10-12-17(13-16)22(4)5;/h10-13H,7-9,14-15H2,1-6H3,(H,20,21);1H. The van der Waals surface area contributed by atoms with Crippen LogP contribution in [0.4, 0.5) is 5.69 Å². The minimum absolute atomic E-state index is 0. The van der Waals surface area contributed by atoms with Gasteiger partial charge < -0.3 is 20.0 Å². The fourth-order valence-electron chi connectivity index (χ4n) is 2.52. The molecule has 0 atom stereocenters. The van der Waals surface area contributed by atoms with Crippen molar-refractivity contribution in [2.75, 3.05) is 52.2 Å². The van der Waals surface area contributed by atoms with Crippen molar-refractivity contribution in [3.8, 4) is 0 Å². The highest BCUT2D eigenvalue weighted by Gasteiger charge is 2.14. The maximum Gasteiger partial charge on any atom is 0.242 e. The predicted octanol–water partition coefficient (Wildman–Crippen LogP) is 2.64. The number of guanidine groups is 1. The highest BCUT2D eigenvalue weighted by molar-refractivity contribution is 14.0. The summed E-state index contributed by atoms with van der Waals surface area (Å²) >= 11 is 0. The molecule has 6 nitrogen and oxygen atoms in total. The Balaban J connectivity index is 0.00000625. The Hall–Kier alpha value is -1.51. The first-order valence-corrected chi connectivity index (χ1v) is 8.96. The third-order valence-electron chi connectivity index (χ3n) is 4.02. The molecule has 0 aliphatic heterocycles. The second kappa shape index (κ2) is 12.8. The van der Waals surface area contributed by atoms with Gasteiger partial charge in [0.05, 0.1) is 13.1 Å². The van der Waals surface area contributed by atoms with Crippen LogP contribution < -0.4 is 10.2 Å². The molecule has 0 spiro atoms. The number of anilines is 1. The molecule has 26 heavy (non-hydrogen) atoms. The summed E-state index contributed by atoms with van der Waals surface area (Å²) in [5, 5.41) is 3.27. The largest absolute Gasteiger partial charge is 0.378 e. The monoisotopic (exact) mass is 475 g/mol. The fourth-order valence-corrected chi connectivity index (χ4v) is 2.52. The first-order valence-electron chi connectivity index (χ1n) is 8.96. The number of hydrogen-bond acceptors (Lipinski definition) is 3. The van der Waals surface area contributed by atoms with E-state index in [4.69, 9.17) is 4.99 Å². The van der Waals surface area contributed by atoms with E-state index in [1.165, 1.54) is 0 Å². The number of nitrogens with zero attached hydrogens (tertiary/aromatic N) is 4. The van der Waals surface area contributed by atoms with E-state index in [9.17, 15) is 4.79 Å². The molecular formula is C19H34IN5O. The van der Waals surface area contributed by atoms with Crippen molar-refractivity contribution in [1.29, 1.82) is 0 Å². The van der Waals surface area contributed by atoms with Gasteiger partial charge in [-0.2, -0.15) is 0 Å². The molecule has 0 aliphatic rings. The molecule has 148 valence electrons. The van der Waals surface area contributed by atoms with Gasteiger partial charge in [-0.3, -0.25) is 4.79 Å². The molecule has 0 bridgehead atoms. The number of nitrogens with one attached hydrogen (secondary N) is 1. The van der Waals surface area contributed by atoms with E-state index in [0.29, 0.717) is 13.1 Å². The Bertz CT molecular complexity index is 573. The van der Waals surface area contributed by atoms with Crippen molar-refractivity contribution in [2.45, 2.75) is 27.3 Å². The Morgan fingerprint density at radius 1 is 1.12 bits per heavy atom. The molecule has 0 aliphatic carbocycles. The number of hydrogen-bond donors (Lipinski definition) is 1. The average Bonchev–Trinajstić information content (AvgIpc) is 2.59. The maximum absolute atomic E-state index is 12.3. The van der Waals surface area contributed by atoms with Crippen molar-refractivity contribution in [3.63, 3.8) is 0 Å². The van der Waals surface area contributed by atoms with Gasteiger partial charge in [-0.15, -0.1) is 24.0 Å². The SMILES string of the molecule is CCNC(=NCc1cccc(N(C)C)c1)N(C)CC(=O)N(CC)CC.I. The molecule has 1 amide bonds. The molecule has 0 saturated heterocycles. The molecule has 1 aromatic carbocycles. The second-order valence-electron chi connectivity index (χ2n) is 6.16. The molecule has 0 aromatic heterocycles. The highest BCUT2D eigenvalue weighted by Crippen LogP contribution is 2.14. The van der Waals surface area contributed by atoms with E-state index < -0.39 is 0 Å². The lowest BCUT2D eigenvalue weighted by Crippen LogP contribution is -2.45. The highest BCUT2D eigenvalue weighted by atomic mass is 127. The van der Waals surface area contributed by atoms with E-state index >= 15 is 0 Å². The van der Waals surface area contributed by atoms with Crippen molar-refractivity contribution in [3.05, 3.63) is 29.8 Å². The van der Waals surface area contributed by atoms with E-state index in [2.05, 4.69) is 28.4 Å². The zero-order valence-electron chi connectivity index (χ0n) is 17.0. The summed E-state index contributed by atoms with van der Waals surface area (Å²) in [5.74, 6) is 0.867. The second-order valence-corrected chi connectivity index (χ2v) is 6.16. The topological polar surface area (TPSA) is 51.2 Å². The Morgan fingerprint density at radius 2 is 1.77 bits per heavy atom. The smallest absolute Gasteiger partial charge is 0.242 e. The zero-order valence-corrected chi connectivity index (χ0v) is 19.3. The van der Waals surface area contributed by atoms with Gasteiger partial charge in [0.1, 0.15) is 0 Å². The lowest BCUT2D eigenvalue weighted by atomic mass is 10.2. The van der Waals surface area contributed by atoms with Crippen LogP contribution in [0.15, 0.2) is 29.3 Å². The van der Waals surface area contributed by atoms with Crippen LogP contribution in [0.2, 0.25) is 0 Å². The Kier molecular flexibility index (Phi) is 12.0. The van der Waals surface area contributed by atoms with Crippen LogP contribution in [0.5, 0.6) is 0 Å². The van der Waals surface area contributed by atoms with Gasteiger partial charge in [0.15, 0.2) is 5.96 Å². The third-order valence-corrected chi connectivity index (χ3v) is 4.02. The van der Waals surface area contributed by atoms with Gasteiger partial charge in [-0.25, -0.2) is 4.99 Å². The first kappa shape index (κ1) is 24.5. The number of benzene rings is 1. The number of aliphatic imine (C=N–C) groups is 1. The van der Waals surface area contributed by atoms with E-state index in [0.717, 1.165) is 36.8 Å². The van der Waals surface area contributed by atoms with Crippen LogP contribution in [0.3, 0.4) is 0 Å². The summed E-state index contributed by atoms with van der Waals surface area (Å²) < 4.78 is 0. The lowest BCUT2D eigenvalue weighted by molar-refractivity contribution is -0.131. The minimum Gasteiger partial charge on any atom is -0.378 e. The fraction of sp³-hybridized carbons (Fsp3) is 0.579. The van der Waals surface area contributed by atoms with Crippen molar-refractivity contribution in [2.24, 2.45) is 4.99 Å². The summed E-state index contributed by atoms with van der Waals surface area (Å²) in [6.45, 7) is 9.15. The van der Waals surface area contributed by atoms with Crippen LogP contribution in [-0.4, -0.2) is 69.0 Å². The molecule has 0 heterocycles. The van der Waals surface area contributed by atoms with Crippen LogP contribution in [-0.2, 0) is 11.3 Å². The number of rotatable bonds is 8.